The predicted molar refractivity (Wildman–Crippen MR) is 221 cm³/mol. The maximum Gasteiger partial charge on any atom is 0.210 e. The van der Waals surface area contributed by atoms with E-state index in [-0.39, 0.29) is 0 Å². The first-order valence-corrected chi connectivity index (χ1v) is 21.7. The molecule has 0 saturated heterocycles. The van der Waals surface area contributed by atoms with Crippen LogP contribution in [0.15, 0.2) is 48.0 Å². The van der Waals surface area contributed by atoms with Gasteiger partial charge in [0.2, 0.25) is 11.4 Å². The van der Waals surface area contributed by atoms with Crippen molar-refractivity contribution in [2.45, 2.75) is 208 Å². The molecule has 0 unspecified atom stereocenters. The van der Waals surface area contributed by atoms with E-state index >= 15 is 0 Å². The SMILES string of the molecule is CCCCCCCCC1=C(c2cc(CCCC)cc(CCCCCCCC)c2)[N+](=[N-])C(c2cc(CCCC)cc(CCCCCCCC)c2)=C1. The van der Waals surface area contributed by atoms with Crippen LogP contribution in [0.4, 0.5) is 0 Å². The molecule has 278 valence electrons. The highest BCUT2D eigenvalue weighted by molar-refractivity contribution is 5.79. The van der Waals surface area contributed by atoms with Gasteiger partial charge in [-0.3, -0.25) is 0 Å². The molecule has 0 aliphatic carbocycles. The van der Waals surface area contributed by atoms with Gasteiger partial charge in [0.25, 0.3) is 0 Å². The van der Waals surface area contributed by atoms with Crippen molar-refractivity contribution in [3.05, 3.63) is 87.0 Å². The van der Waals surface area contributed by atoms with Crippen molar-refractivity contribution in [2.24, 2.45) is 0 Å². The molecule has 2 aromatic carbocycles. The second kappa shape index (κ2) is 25.5. The van der Waals surface area contributed by atoms with Crippen LogP contribution >= 0.6 is 0 Å². The highest BCUT2D eigenvalue weighted by Crippen LogP contribution is 2.39. The monoisotopic (exact) mass is 681 g/mol. The van der Waals surface area contributed by atoms with Gasteiger partial charge in [-0.1, -0.05) is 156 Å². The summed E-state index contributed by atoms with van der Waals surface area (Å²) in [6.45, 7) is 11.5. The van der Waals surface area contributed by atoms with Crippen molar-refractivity contribution >= 4 is 11.4 Å². The molecule has 0 aromatic heterocycles. The molecule has 2 heteroatoms. The Morgan fingerprint density at radius 3 is 1.14 bits per heavy atom. The van der Waals surface area contributed by atoms with Crippen molar-refractivity contribution in [1.29, 1.82) is 0 Å². The molecular weight excluding hydrogens is 605 g/mol. The minimum absolute atomic E-state index is 0.972. The maximum absolute atomic E-state index is 12.2. The van der Waals surface area contributed by atoms with E-state index in [9.17, 15) is 5.53 Å². The van der Waals surface area contributed by atoms with Crippen molar-refractivity contribution in [1.82, 2.24) is 0 Å². The molecule has 2 aromatic rings. The summed E-state index contributed by atoms with van der Waals surface area (Å²) in [7, 11) is 0. The van der Waals surface area contributed by atoms with Crippen LogP contribution in [-0.4, -0.2) is 4.70 Å². The summed E-state index contributed by atoms with van der Waals surface area (Å²) in [6, 6.07) is 14.5. The van der Waals surface area contributed by atoms with E-state index in [4.69, 9.17) is 0 Å². The quantitative estimate of drug-likeness (QED) is 0.0604. The standard InChI is InChI=1S/C48H76N2/c1-6-11-16-19-22-25-30-42-33-40(28-14-9-4)35-45(36-42)47-39-44(32-27-24-21-18-13-8-3)48(50(47)49)46-37-41(29-15-10-5)34-43(38-46)31-26-23-20-17-12-7-2/h33-39H,6-32H2,1-5H3. The lowest BCUT2D eigenvalue weighted by molar-refractivity contribution is -0.344. The summed E-state index contributed by atoms with van der Waals surface area (Å²) in [6.07, 6.45) is 36.3. The number of benzene rings is 2. The molecule has 0 bridgehead atoms. The molecule has 0 saturated carbocycles. The number of aryl methyl sites for hydroxylation is 4. The van der Waals surface area contributed by atoms with Crippen molar-refractivity contribution in [3.8, 4) is 0 Å². The molecule has 0 spiro atoms. The predicted octanol–water partition coefficient (Wildman–Crippen LogP) is 15.7. The number of rotatable bonds is 29. The highest BCUT2D eigenvalue weighted by Gasteiger charge is 2.29. The molecule has 0 amide bonds. The fourth-order valence-corrected chi connectivity index (χ4v) is 7.72. The molecule has 0 N–H and O–H groups in total. The van der Waals surface area contributed by atoms with Crippen LogP contribution in [0.1, 0.15) is 216 Å². The summed E-state index contributed by atoms with van der Waals surface area (Å²) >= 11 is 0. The Morgan fingerprint density at radius 1 is 0.380 bits per heavy atom. The van der Waals surface area contributed by atoms with Crippen LogP contribution in [0.2, 0.25) is 0 Å². The Hall–Kier alpha value is -2.48. The Morgan fingerprint density at radius 2 is 0.720 bits per heavy atom. The minimum atomic E-state index is 0.972. The zero-order chi connectivity index (χ0) is 35.8. The van der Waals surface area contributed by atoms with E-state index < -0.39 is 0 Å². The third-order valence-electron chi connectivity index (χ3n) is 10.8. The Balaban J connectivity index is 1.93. The van der Waals surface area contributed by atoms with Gasteiger partial charge in [-0.15, -0.1) is 0 Å². The van der Waals surface area contributed by atoms with E-state index in [1.807, 2.05) is 0 Å². The summed E-state index contributed by atoms with van der Waals surface area (Å²) < 4.78 is 1.59. The van der Waals surface area contributed by atoms with E-state index in [1.54, 1.807) is 4.70 Å². The number of allylic oxidation sites excluding steroid dienone is 2. The number of hydrogen-bond donors (Lipinski definition) is 0. The van der Waals surface area contributed by atoms with Crippen LogP contribution in [0.5, 0.6) is 0 Å². The molecule has 1 aliphatic heterocycles. The molecule has 1 heterocycles. The van der Waals surface area contributed by atoms with Gasteiger partial charge in [0.05, 0.1) is 0 Å². The average molecular weight is 681 g/mol. The summed E-state index contributed by atoms with van der Waals surface area (Å²) in [5.74, 6) is 0. The molecule has 1 aliphatic rings. The first kappa shape index (κ1) is 41.9. The van der Waals surface area contributed by atoms with Gasteiger partial charge in [-0.05, 0) is 111 Å². The molecule has 2 nitrogen and oxygen atoms in total. The van der Waals surface area contributed by atoms with Crippen molar-refractivity contribution < 1.29 is 4.70 Å². The summed E-state index contributed by atoms with van der Waals surface area (Å²) in [5, 5.41) is 0. The van der Waals surface area contributed by atoms with Gasteiger partial charge in [-0.2, -0.15) is 0 Å². The average Bonchev–Trinajstić information content (AvgIpc) is 3.46. The normalized spacial score (nSPS) is 13.1. The number of unbranched alkanes of at least 4 members (excludes halogenated alkanes) is 17. The van der Waals surface area contributed by atoms with Gasteiger partial charge < -0.3 is 5.53 Å². The second-order valence-electron chi connectivity index (χ2n) is 15.6. The first-order chi connectivity index (χ1) is 24.5. The van der Waals surface area contributed by atoms with E-state index in [0.717, 1.165) is 43.5 Å². The van der Waals surface area contributed by atoms with E-state index in [2.05, 4.69) is 77.1 Å². The number of hydrogen-bond acceptors (Lipinski definition) is 0. The van der Waals surface area contributed by atoms with Gasteiger partial charge in [-0.25, -0.2) is 4.70 Å². The Labute approximate surface area is 310 Å². The van der Waals surface area contributed by atoms with Gasteiger partial charge in [0, 0.05) is 22.8 Å². The van der Waals surface area contributed by atoms with Crippen LogP contribution < -0.4 is 0 Å². The van der Waals surface area contributed by atoms with Crippen LogP contribution in [0.3, 0.4) is 0 Å². The fourth-order valence-electron chi connectivity index (χ4n) is 7.72. The van der Waals surface area contributed by atoms with Gasteiger partial charge >= 0.3 is 0 Å². The van der Waals surface area contributed by atoms with Crippen LogP contribution in [0, 0.1) is 0 Å². The molecular formula is C48H76N2. The summed E-state index contributed by atoms with van der Waals surface area (Å²) in [4.78, 5) is 0. The molecule has 0 atom stereocenters. The second-order valence-corrected chi connectivity index (χ2v) is 15.6. The lowest BCUT2D eigenvalue weighted by Crippen LogP contribution is -2.05. The molecule has 50 heavy (non-hydrogen) atoms. The van der Waals surface area contributed by atoms with Crippen molar-refractivity contribution in [3.63, 3.8) is 0 Å². The third kappa shape index (κ3) is 15.0. The summed E-state index contributed by atoms with van der Waals surface area (Å²) in [5.41, 5.74) is 23.7. The minimum Gasteiger partial charge on any atom is -0.493 e. The molecule has 3 rings (SSSR count). The maximum atomic E-state index is 12.2. The lowest BCUT2D eigenvalue weighted by Gasteiger charge is -2.15. The zero-order valence-corrected chi connectivity index (χ0v) is 33.5. The van der Waals surface area contributed by atoms with Crippen LogP contribution in [-0.2, 0) is 25.7 Å². The highest BCUT2D eigenvalue weighted by atomic mass is 15.2. The molecule has 0 fully saturated rings. The Bertz CT molecular complexity index is 1310. The van der Waals surface area contributed by atoms with Gasteiger partial charge in [0.15, 0.2) is 0 Å². The third-order valence-corrected chi connectivity index (χ3v) is 10.8. The van der Waals surface area contributed by atoms with E-state index in [1.165, 1.54) is 180 Å². The van der Waals surface area contributed by atoms with E-state index in [0.29, 0.717) is 0 Å². The smallest absolute Gasteiger partial charge is 0.210 e. The Kier molecular flexibility index (Phi) is 21.4. The fraction of sp³-hybridized carbons (Fsp3) is 0.667. The largest absolute Gasteiger partial charge is 0.493 e. The zero-order valence-electron chi connectivity index (χ0n) is 33.5. The van der Waals surface area contributed by atoms with Crippen molar-refractivity contribution in [2.75, 3.05) is 0 Å². The van der Waals surface area contributed by atoms with Crippen LogP contribution in [0.25, 0.3) is 16.9 Å². The van der Waals surface area contributed by atoms with Gasteiger partial charge in [0.1, 0.15) is 0 Å². The topological polar surface area (TPSA) is 25.3 Å². The lowest BCUT2D eigenvalue weighted by atomic mass is 9.94. The first-order valence-electron chi connectivity index (χ1n) is 21.7. The molecule has 0 radical (unpaired) electrons. The number of nitrogens with zero attached hydrogens (tertiary/aromatic N) is 2.